The van der Waals surface area contributed by atoms with Crippen LogP contribution >= 0.6 is 0 Å². The molecule has 0 amide bonds. The van der Waals surface area contributed by atoms with Crippen molar-refractivity contribution in [3.05, 3.63) is 46.2 Å². The summed E-state index contributed by atoms with van der Waals surface area (Å²) < 4.78 is 0. The maximum absolute atomic E-state index is 11.3. The Morgan fingerprint density at radius 1 is 1.43 bits per heavy atom. The Labute approximate surface area is 79.3 Å². The van der Waals surface area contributed by atoms with Crippen LogP contribution in [-0.2, 0) is 4.79 Å². The third kappa shape index (κ3) is 1.28. The molecule has 2 aliphatic rings. The molecule has 0 spiro atoms. The average Bonchev–Trinajstić information content (AvgIpc) is 2.18. The van der Waals surface area contributed by atoms with Gasteiger partial charge in [0, 0.05) is 23.3 Å². The summed E-state index contributed by atoms with van der Waals surface area (Å²) >= 11 is 0. The number of carbonyl (C=O) groups is 1. The summed E-state index contributed by atoms with van der Waals surface area (Å²) in [6.45, 7) is 0. The maximum atomic E-state index is 11.3. The lowest BCUT2D eigenvalue weighted by molar-refractivity contribution is -0.496. The van der Waals surface area contributed by atoms with E-state index in [-0.39, 0.29) is 5.78 Å². The lowest BCUT2D eigenvalue weighted by atomic mass is 9.96. The molecule has 5 heteroatoms. The molecule has 2 rings (SSSR count). The molecule has 0 aromatic carbocycles. The predicted molar refractivity (Wildman–Crippen MR) is 49.6 cm³/mol. The topological polar surface area (TPSA) is 72.6 Å². The molecule has 70 valence electrons. The molecule has 5 nitrogen and oxygen atoms in total. The van der Waals surface area contributed by atoms with Crippen molar-refractivity contribution in [2.24, 2.45) is 4.99 Å². The van der Waals surface area contributed by atoms with Crippen molar-refractivity contribution in [1.82, 2.24) is 0 Å². The van der Waals surface area contributed by atoms with Gasteiger partial charge >= 0.3 is 0 Å². The number of aliphatic imine (C=N–C) groups is 1. The Balaban J connectivity index is 2.41. The van der Waals surface area contributed by atoms with Gasteiger partial charge in [0.15, 0.2) is 5.78 Å². The molecule has 1 heterocycles. The minimum Gasteiger partial charge on any atom is -0.289 e. The van der Waals surface area contributed by atoms with E-state index >= 15 is 0 Å². The van der Waals surface area contributed by atoms with E-state index in [9.17, 15) is 14.9 Å². The molecule has 1 atom stereocenters. The predicted octanol–water partition coefficient (Wildman–Crippen LogP) is 0.665. The Morgan fingerprint density at radius 3 is 2.93 bits per heavy atom. The molecule has 1 unspecified atom stereocenters. The van der Waals surface area contributed by atoms with Crippen LogP contribution in [-0.4, -0.2) is 22.5 Å². The molecule has 0 saturated heterocycles. The Morgan fingerprint density at radius 2 is 2.21 bits per heavy atom. The number of hydrogen-bond acceptors (Lipinski definition) is 4. The summed E-state index contributed by atoms with van der Waals surface area (Å²) in [4.78, 5) is 25.3. The number of fused-ring (bicyclic) bond motifs is 1. The van der Waals surface area contributed by atoms with E-state index in [1.54, 1.807) is 0 Å². The van der Waals surface area contributed by atoms with Crippen LogP contribution in [0.3, 0.4) is 0 Å². The van der Waals surface area contributed by atoms with Gasteiger partial charge in [-0.15, -0.1) is 0 Å². The van der Waals surface area contributed by atoms with Gasteiger partial charge in [-0.2, -0.15) is 0 Å². The SMILES string of the molecule is O=C1C=CN=C2C=CC([N+](=O)[O-])C=C12. The van der Waals surface area contributed by atoms with Crippen LogP contribution in [0.1, 0.15) is 0 Å². The fourth-order valence-electron chi connectivity index (χ4n) is 1.32. The van der Waals surface area contributed by atoms with E-state index in [4.69, 9.17) is 0 Å². The zero-order valence-electron chi connectivity index (χ0n) is 7.08. The number of ketones is 1. The molecule has 1 aliphatic carbocycles. The molecule has 1 aliphatic heterocycles. The van der Waals surface area contributed by atoms with Crippen molar-refractivity contribution < 1.29 is 9.72 Å². The van der Waals surface area contributed by atoms with Crippen molar-refractivity contribution in [3.8, 4) is 0 Å². The summed E-state index contributed by atoms with van der Waals surface area (Å²) in [7, 11) is 0. The minimum absolute atomic E-state index is 0.230. The van der Waals surface area contributed by atoms with Gasteiger partial charge in [-0.1, -0.05) is 0 Å². The normalized spacial score (nSPS) is 24.0. The summed E-state index contributed by atoms with van der Waals surface area (Å²) in [5, 5.41) is 10.5. The van der Waals surface area contributed by atoms with Gasteiger partial charge in [-0.25, -0.2) is 0 Å². The van der Waals surface area contributed by atoms with Gasteiger partial charge in [0.05, 0.1) is 11.3 Å². The third-order valence-electron chi connectivity index (χ3n) is 2.01. The van der Waals surface area contributed by atoms with Crippen molar-refractivity contribution in [1.29, 1.82) is 0 Å². The van der Waals surface area contributed by atoms with Crippen LogP contribution < -0.4 is 0 Å². The van der Waals surface area contributed by atoms with E-state index in [0.717, 1.165) is 0 Å². The van der Waals surface area contributed by atoms with E-state index in [0.29, 0.717) is 11.3 Å². The molecule has 14 heavy (non-hydrogen) atoms. The second-order valence-corrected chi connectivity index (χ2v) is 2.91. The molecule has 0 saturated carbocycles. The van der Waals surface area contributed by atoms with Crippen molar-refractivity contribution in [3.63, 3.8) is 0 Å². The highest BCUT2D eigenvalue weighted by Crippen LogP contribution is 2.16. The molecular weight excluding hydrogens is 184 g/mol. The summed E-state index contributed by atoms with van der Waals surface area (Å²) in [5.41, 5.74) is 0.812. The van der Waals surface area contributed by atoms with Crippen LogP contribution in [0.2, 0.25) is 0 Å². The lowest BCUT2D eigenvalue weighted by Gasteiger charge is -2.12. The van der Waals surface area contributed by atoms with Gasteiger partial charge in [-0.05, 0) is 12.2 Å². The van der Waals surface area contributed by atoms with E-state index in [1.165, 1.54) is 30.5 Å². The van der Waals surface area contributed by atoms with E-state index in [2.05, 4.69) is 4.99 Å². The fourth-order valence-corrected chi connectivity index (χ4v) is 1.32. The molecule has 0 bridgehead atoms. The van der Waals surface area contributed by atoms with Crippen LogP contribution in [0.5, 0.6) is 0 Å². The number of nitro groups is 1. The number of nitrogens with zero attached hydrogens (tertiary/aromatic N) is 2. The monoisotopic (exact) mass is 190 g/mol. The summed E-state index contributed by atoms with van der Waals surface area (Å²) in [5.74, 6) is -0.230. The highest BCUT2D eigenvalue weighted by atomic mass is 16.6. The van der Waals surface area contributed by atoms with Gasteiger partial charge in [0.2, 0.25) is 0 Å². The lowest BCUT2D eigenvalue weighted by Crippen LogP contribution is -2.23. The Kier molecular flexibility index (Phi) is 1.85. The van der Waals surface area contributed by atoms with Crippen LogP contribution in [0, 0.1) is 10.1 Å². The quantitative estimate of drug-likeness (QED) is 0.450. The third-order valence-corrected chi connectivity index (χ3v) is 2.01. The van der Waals surface area contributed by atoms with Crippen LogP contribution in [0.4, 0.5) is 0 Å². The highest BCUT2D eigenvalue weighted by molar-refractivity contribution is 6.31. The highest BCUT2D eigenvalue weighted by Gasteiger charge is 2.25. The Bertz CT molecular complexity index is 429. The van der Waals surface area contributed by atoms with E-state index < -0.39 is 11.0 Å². The van der Waals surface area contributed by atoms with Gasteiger partial charge in [-0.3, -0.25) is 19.9 Å². The van der Waals surface area contributed by atoms with E-state index in [1.807, 2.05) is 0 Å². The molecule has 0 aromatic heterocycles. The second kappa shape index (κ2) is 3.02. The minimum atomic E-state index is -0.917. The average molecular weight is 190 g/mol. The molecule has 0 N–H and O–H groups in total. The summed E-state index contributed by atoms with van der Waals surface area (Å²) in [6.07, 6.45) is 6.93. The van der Waals surface area contributed by atoms with Gasteiger partial charge < -0.3 is 0 Å². The first-order valence-electron chi connectivity index (χ1n) is 4.01. The molecule has 0 fully saturated rings. The van der Waals surface area contributed by atoms with Crippen molar-refractivity contribution >= 4 is 11.5 Å². The molecular formula is C9H6N2O3. The largest absolute Gasteiger partial charge is 0.289 e. The smallest absolute Gasteiger partial charge is 0.250 e. The standard InChI is InChI=1S/C9H6N2O3/c12-9-3-4-10-8-2-1-6(11(13)14)5-7(8)9/h1-6H. The van der Waals surface area contributed by atoms with Crippen molar-refractivity contribution in [2.75, 3.05) is 0 Å². The maximum Gasteiger partial charge on any atom is 0.250 e. The molecule has 0 aromatic rings. The van der Waals surface area contributed by atoms with Crippen LogP contribution in [0.25, 0.3) is 0 Å². The first-order chi connectivity index (χ1) is 6.68. The molecule has 0 radical (unpaired) electrons. The number of allylic oxidation sites excluding steroid dienone is 3. The van der Waals surface area contributed by atoms with Gasteiger partial charge in [0.25, 0.3) is 6.04 Å². The number of carbonyl (C=O) groups excluding carboxylic acids is 1. The van der Waals surface area contributed by atoms with Crippen LogP contribution in [0.15, 0.2) is 41.1 Å². The first kappa shape index (κ1) is 8.55. The zero-order chi connectivity index (χ0) is 10.1. The van der Waals surface area contributed by atoms with Crippen molar-refractivity contribution in [2.45, 2.75) is 6.04 Å². The number of rotatable bonds is 1. The van der Waals surface area contributed by atoms with Gasteiger partial charge in [0.1, 0.15) is 0 Å². The zero-order valence-corrected chi connectivity index (χ0v) is 7.08. The fraction of sp³-hybridized carbons (Fsp3) is 0.111. The first-order valence-corrected chi connectivity index (χ1v) is 4.01. The Hall–Kier alpha value is -2.04. The second-order valence-electron chi connectivity index (χ2n) is 2.91. The summed E-state index contributed by atoms with van der Waals surface area (Å²) in [6, 6.07) is -0.917. The number of hydrogen-bond donors (Lipinski definition) is 0.